The van der Waals surface area contributed by atoms with Gasteiger partial charge >= 0.3 is 5.97 Å². The van der Waals surface area contributed by atoms with Gasteiger partial charge in [-0.3, -0.25) is 4.79 Å². The van der Waals surface area contributed by atoms with E-state index in [0.717, 1.165) is 18.2 Å². The number of carboxylic acid groups (broad SMARTS) is 1. The van der Waals surface area contributed by atoms with Crippen LogP contribution in [0.15, 0.2) is 18.2 Å². The lowest BCUT2D eigenvalue weighted by Gasteiger charge is -2.26. The van der Waals surface area contributed by atoms with Gasteiger partial charge in [-0.15, -0.1) is 0 Å². The number of rotatable bonds is 3. The van der Waals surface area contributed by atoms with Crippen LogP contribution in [-0.4, -0.2) is 16.2 Å². The second-order valence-corrected chi connectivity index (χ2v) is 4.10. The van der Waals surface area contributed by atoms with Gasteiger partial charge in [0.2, 0.25) is 0 Å². The van der Waals surface area contributed by atoms with Gasteiger partial charge in [0.25, 0.3) is 0 Å². The molecule has 0 aliphatic rings. The van der Waals surface area contributed by atoms with Crippen LogP contribution in [0, 0.1) is 17.0 Å². The molecular formula is C11H12F2O3. The monoisotopic (exact) mass is 230 g/mol. The van der Waals surface area contributed by atoms with Crippen LogP contribution in [0.2, 0.25) is 0 Å². The summed E-state index contributed by atoms with van der Waals surface area (Å²) in [4.78, 5) is 10.9. The zero-order chi connectivity index (χ0) is 12.5. The minimum atomic E-state index is -1.61. The number of benzene rings is 1. The van der Waals surface area contributed by atoms with Gasteiger partial charge in [-0.1, -0.05) is 0 Å². The van der Waals surface area contributed by atoms with E-state index in [-0.39, 0.29) is 5.56 Å². The second kappa shape index (κ2) is 4.17. The van der Waals surface area contributed by atoms with Gasteiger partial charge in [-0.2, -0.15) is 0 Å². The van der Waals surface area contributed by atoms with Gasteiger partial charge in [0.05, 0.1) is 11.5 Å². The first kappa shape index (κ1) is 12.6. The van der Waals surface area contributed by atoms with Crippen molar-refractivity contribution in [1.82, 2.24) is 0 Å². The Kier molecular flexibility index (Phi) is 3.28. The molecule has 0 saturated carbocycles. The molecule has 0 fully saturated rings. The smallest absolute Gasteiger partial charge is 0.312 e. The molecule has 5 heteroatoms. The van der Waals surface area contributed by atoms with E-state index in [9.17, 15) is 18.7 Å². The van der Waals surface area contributed by atoms with Gasteiger partial charge < -0.3 is 10.2 Å². The lowest BCUT2D eigenvalue weighted by molar-refractivity contribution is -0.153. The van der Waals surface area contributed by atoms with E-state index >= 15 is 0 Å². The molecule has 0 radical (unpaired) electrons. The number of aliphatic carboxylic acids is 1. The number of halogens is 2. The Bertz CT molecular complexity index is 416. The Hall–Kier alpha value is -1.49. The van der Waals surface area contributed by atoms with Crippen LogP contribution in [0.1, 0.15) is 25.5 Å². The third-order valence-electron chi connectivity index (χ3n) is 2.49. The van der Waals surface area contributed by atoms with Crippen LogP contribution in [0.5, 0.6) is 0 Å². The lowest BCUT2D eigenvalue weighted by atomic mass is 9.82. The van der Waals surface area contributed by atoms with Gasteiger partial charge in [0, 0.05) is 5.56 Å². The molecule has 1 rings (SSSR count). The summed E-state index contributed by atoms with van der Waals surface area (Å²) in [5.41, 5.74) is -1.94. The molecule has 2 N–H and O–H groups in total. The molecule has 1 aromatic rings. The molecule has 0 aromatic heterocycles. The summed E-state index contributed by atoms with van der Waals surface area (Å²) in [5, 5.41) is 18.6. The molecule has 0 spiro atoms. The maximum atomic E-state index is 13.3. The van der Waals surface area contributed by atoms with Crippen molar-refractivity contribution in [2.75, 3.05) is 0 Å². The van der Waals surface area contributed by atoms with E-state index in [2.05, 4.69) is 0 Å². The highest BCUT2D eigenvalue weighted by atomic mass is 19.1. The molecule has 1 unspecified atom stereocenters. The molecule has 16 heavy (non-hydrogen) atoms. The van der Waals surface area contributed by atoms with Gasteiger partial charge in [0.15, 0.2) is 0 Å². The zero-order valence-corrected chi connectivity index (χ0v) is 8.87. The van der Waals surface area contributed by atoms with E-state index in [1.54, 1.807) is 0 Å². The molecule has 88 valence electrons. The fourth-order valence-electron chi connectivity index (χ4n) is 1.23. The molecule has 0 saturated heterocycles. The van der Waals surface area contributed by atoms with Crippen molar-refractivity contribution in [3.05, 3.63) is 35.4 Å². The van der Waals surface area contributed by atoms with Crippen LogP contribution in [-0.2, 0) is 4.79 Å². The summed E-state index contributed by atoms with van der Waals surface area (Å²) in [6, 6.07) is 2.55. The molecule has 0 aliphatic carbocycles. The molecule has 1 atom stereocenters. The summed E-state index contributed by atoms with van der Waals surface area (Å²) in [5.74, 6) is -2.84. The first-order chi connectivity index (χ1) is 7.26. The Balaban J connectivity index is 3.19. The van der Waals surface area contributed by atoms with Crippen molar-refractivity contribution in [3.8, 4) is 0 Å². The van der Waals surface area contributed by atoms with Crippen LogP contribution in [0.25, 0.3) is 0 Å². The molecule has 1 aromatic carbocycles. The van der Waals surface area contributed by atoms with Crippen molar-refractivity contribution >= 4 is 5.97 Å². The maximum absolute atomic E-state index is 13.3. The van der Waals surface area contributed by atoms with Gasteiger partial charge in [0.1, 0.15) is 11.6 Å². The summed E-state index contributed by atoms with van der Waals surface area (Å²) < 4.78 is 26.2. The standard InChI is InChI=1S/C11H12F2O3/c1-11(2,10(15)16)9(14)7-5-6(12)3-4-8(7)13/h3-5,9,14H,1-2H3,(H,15,16). The van der Waals surface area contributed by atoms with Crippen LogP contribution >= 0.6 is 0 Å². The molecule has 0 heterocycles. The largest absolute Gasteiger partial charge is 0.481 e. The topological polar surface area (TPSA) is 57.5 Å². The molecule has 0 amide bonds. The number of aliphatic hydroxyl groups excluding tert-OH is 1. The summed E-state index contributed by atoms with van der Waals surface area (Å²) in [7, 11) is 0. The van der Waals surface area contributed by atoms with Crippen molar-refractivity contribution < 1.29 is 23.8 Å². The van der Waals surface area contributed by atoms with E-state index in [1.165, 1.54) is 13.8 Å². The van der Waals surface area contributed by atoms with Crippen molar-refractivity contribution in [2.24, 2.45) is 5.41 Å². The van der Waals surface area contributed by atoms with Crippen LogP contribution < -0.4 is 0 Å². The highest BCUT2D eigenvalue weighted by Crippen LogP contribution is 2.34. The average Bonchev–Trinajstić information content (AvgIpc) is 2.20. The normalized spacial score (nSPS) is 13.6. The van der Waals surface area contributed by atoms with Crippen molar-refractivity contribution in [2.45, 2.75) is 20.0 Å². The first-order valence-electron chi connectivity index (χ1n) is 4.63. The molecular weight excluding hydrogens is 218 g/mol. The summed E-state index contributed by atoms with van der Waals surface area (Å²) in [6.45, 7) is 2.48. The van der Waals surface area contributed by atoms with E-state index in [4.69, 9.17) is 5.11 Å². The highest BCUT2D eigenvalue weighted by molar-refractivity contribution is 5.74. The van der Waals surface area contributed by atoms with Gasteiger partial charge in [-0.25, -0.2) is 8.78 Å². The lowest BCUT2D eigenvalue weighted by Crippen LogP contribution is -2.31. The van der Waals surface area contributed by atoms with Gasteiger partial charge in [-0.05, 0) is 32.0 Å². The molecule has 0 bridgehead atoms. The average molecular weight is 230 g/mol. The second-order valence-electron chi connectivity index (χ2n) is 4.10. The predicted octanol–water partition coefficient (Wildman–Crippen LogP) is 2.11. The summed E-state index contributed by atoms with van der Waals surface area (Å²) >= 11 is 0. The van der Waals surface area contributed by atoms with E-state index in [1.807, 2.05) is 0 Å². The zero-order valence-electron chi connectivity index (χ0n) is 8.87. The minimum Gasteiger partial charge on any atom is -0.481 e. The number of carbonyl (C=O) groups is 1. The Labute approximate surface area is 91.3 Å². The third kappa shape index (κ3) is 2.19. The summed E-state index contributed by atoms with van der Waals surface area (Å²) in [6.07, 6.45) is -1.61. The highest BCUT2D eigenvalue weighted by Gasteiger charge is 2.38. The van der Waals surface area contributed by atoms with Crippen LogP contribution in [0.4, 0.5) is 8.78 Å². The van der Waals surface area contributed by atoms with E-state index < -0.39 is 29.1 Å². The number of hydrogen-bond donors (Lipinski definition) is 2. The quantitative estimate of drug-likeness (QED) is 0.836. The predicted molar refractivity (Wildman–Crippen MR) is 52.7 cm³/mol. The fourth-order valence-corrected chi connectivity index (χ4v) is 1.23. The third-order valence-corrected chi connectivity index (χ3v) is 2.49. The van der Waals surface area contributed by atoms with Crippen LogP contribution in [0.3, 0.4) is 0 Å². The Morgan fingerprint density at radius 3 is 2.44 bits per heavy atom. The Morgan fingerprint density at radius 2 is 1.94 bits per heavy atom. The van der Waals surface area contributed by atoms with E-state index in [0.29, 0.717) is 0 Å². The minimum absolute atomic E-state index is 0.354. The molecule has 0 aliphatic heterocycles. The number of carboxylic acids is 1. The SMILES string of the molecule is CC(C)(C(=O)O)C(O)c1cc(F)ccc1F. The maximum Gasteiger partial charge on any atom is 0.312 e. The Morgan fingerprint density at radius 1 is 1.38 bits per heavy atom. The molecule has 3 nitrogen and oxygen atoms in total. The number of hydrogen-bond acceptors (Lipinski definition) is 2. The number of aliphatic hydroxyl groups is 1. The first-order valence-corrected chi connectivity index (χ1v) is 4.63. The van der Waals surface area contributed by atoms with Crippen molar-refractivity contribution in [3.63, 3.8) is 0 Å². The fraction of sp³-hybridized carbons (Fsp3) is 0.364. The van der Waals surface area contributed by atoms with Crippen molar-refractivity contribution in [1.29, 1.82) is 0 Å².